The molecule has 2 unspecified atom stereocenters. The van der Waals surface area contributed by atoms with Crippen LogP contribution in [0.1, 0.15) is 31.9 Å². The number of rotatable bonds is 8. The largest absolute Gasteiger partial charge is 0.497 e. The van der Waals surface area contributed by atoms with E-state index in [0.29, 0.717) is 6.04 Å². The fraction of sp³-hybridized carbons (Fsp3) is 0.600. The summed E-state index contributed by atoms with van der Waals surface area (Å²) < 4.78 is 10.7. The minimum atomic E-state index is 0.238. The van der Waals surface area contributed by atoms with Gasteiger partial charge < -0.3 is 14.8 Å². The Morgan fingerprint density at radius 1 is 1.21 bits per heavy atom. The van der Waals surface area contributed by atoms with Gasteiger partial charge in [0.25, 0.3) is 0 Å². The second kappa shape index (κ2) is 8.33. The fourth-order valence-electron chi connectivity index (χ4n) is 2.07. The van der Waals surface area contributed by atoms with Gasteiger partial charge >= 0.3 is 0 Å². The number of ether oxygens (including phenoxy) is 2. The monoisotopic (exact) mass is 283 g/mol. The highest BCUT2D eigenvalue weighted by molar-refractivity contribution is 7.98. The van der Waals surface area contributed by atoms with Gasteiger partial charge in [-0.3, -0.25) is 0 Å². The first kappa shape index (κ1) is 16.2. The molecule has 4 heteroatoms. The van der Waals surface area contributed by atoms with Crippen LogP contribution in [0.25, 0.3) is 0 Å². The maximum atomic E-state index is 5.43. The number of methoxy groups -OCH3 is 2. The molecule has 3 nitrogen and oxygen atoms in total. The standard InChI is InChI=1S/C15H25NO2S/c1-11(8-9-19-5)16-12(2)14-10-13(17-3)6-7-15(14)18-4/h6-7,10-12,16H,8-9H2,1-5H3. The van der Waals surface area contributed by atoms with Crippen LogP contribution in [-0.4, -0.2) is 32.3 Å². The first-order valence-electron chi connectivity index (χ1n) is 6.59. The van der Waals surface area contributed by atoms with Gasteiger partial charge in [0.05, 0.1) is 14.2 Å². The van der Waals surface area contributed by atoms with Crippen LogP contribution >= 0.6 is 11.8 Å². The maximum Gasteiger partial charge on any atom is 0.123 e. The van der Waals surface area contributed by atoms with E-state index in [1.54, 1.807) is 14.2 Å². The molecular formula is C15H25NO2S. The van der Waals surface area contributed by atoms with Crippen molar-refractivity contribution in [2.45, 2.75) is 32.4 Å². The van der Waals surface area contributed by atoms with Crippen molar-refractivity contribution in [1.29, 1.82) is 0 Å². The summed E-state index contributed by atoms with van der Waals surface area (Å²) in [5, 5.41) is 3.61. The van der Waals surface area contributed by atoms with Gasteiger partial charge in [-0.2, -0.15) is 11.8 Å². The number of hydrogen-bond donors (Lipinski definition) is 1. The summed E-state index contributed by atoms with van der Waals surface area (Å²) in [4.78, 5) is 0. The molecule has 1 N–H and O–H groups in total. The third-order valence-electron chi connectivity index (χ3n) is 3.19. The van der Waals surface area contributed by atoms with Crippen LogP contribution in [0.15, 0.2) is 18.2 Å². The maximum absolute atomic E-state index is 5.43. The molecule has 1 aromatic carbocycles. The van der Waals surface area contributed by atoms with Crippen LogP contribution in [0, 0.1) is 0 Å². The highest BCUT2D eigenvalue weighted by atomic mass is 32.2. The summed E-state index contributed by atoms with van der Waals surface area (Å²) >= 11 is 1.88. The Balaban J connectivity index is 2.76. The molecule has 1 rings (SSSR count). The average Bonchev–Trinajstić information content (AvgIpc) is 2.44. The van der Waals surface area contributed by atoms with Crippen LogP contribution in [-0.2, 0) is 0 Å². The average molecular weight is 283 g/mol. The van der Waals surface area contributed by atoms with Gasteiger partial charge in [0.1, 0.15) is 11.5 Å². The van der Waals surface area contributed by atoms with Gasteiger partial charge in [0, 0.05) is 17.6 Å². The second-order valence-corrected chi connectivity index (χ2v) is 5.66. The van der Waals surface area contributed by atoms with E-state index in [0.717, 1.165) is 23.5 Å². The first-order chi connectivity index (χ1) is 9.12. The van der Waals surface area contributed by atoms with Gasteiger partial charge in [-0.25, -0.2) is 0 Å². The molecule has 0 fully saturated rings. The van der Waals surface area contributed by atoms with Crippen LogP contribution < -0.4 is 14.8 Å². The zero-order valence-electron chi connectivity index (χ0n) is 12.5. The van der Waals surface area contributed by atoms with Crippen molar-refractivity contribution >= 4 is 11.8 Å². The Morgan fingerprint density at radius 3 is 2.53 bits per heavy atom. The molecule has 0 spiro atoms. The predicted molar refractivity (Wildman–Crippen MR) is 83.6 cm³/mol. The van der Waals surface area contributed by atoms with E-state index in [1.807, 2.05) is 30.0 Å². The highest BCUT2D eigenvalue weighted by Crippen LogP contribution is 2.29. The molecule has 1 aromatic rings. The zero-order chi connectivity index (χ0) is 14.3. The van der Waals surface area contributed by atoms with Gasteiger partial charge in [-0.1, -0.05) is 0 Å². The molecular weight excluding hydrogens is 258 g/mol. The van der Waals surface area contributed by atoms with Crippen molar-refractivity contribution in [1.82, 2.24) is 5.32 Å². The topological polar surface area (TPSA) is 30.5 Å². The van der Waals surface area contributed by atoms with Crippen LogP contribution in [0.4, 0.5) is 0 Å². The molecule has 0 aliphatic carbocycles. The Morgan fingerprint density at radius 2 is 1.95 bits per heavy atom. The lowest BCUT2D eigenvalue weighted by Gasteiger charge is -2.22. The van der Waals surface area contributed by atoms with E-state index in [-0.39, 0.29) is 6.04 Å². The van der Waals surface area contributed by atoms with E-state index < -0.39 is 0 Å². The molecule has 0 heterocycles. The summed E-state index contributed by atoms with van der Waals surface area (Å²) in [6.45, 7) is 4.38. The Kier molecular flexibility index (Phi) is 7.10. The van der Waals surface area contributed by atoms with E-state index in [1.165, 1.54) is 5.75 Å². The summed E-state index contributed by atoms with van der Waals surface area (Å²) in [6, 6.07) is 6.64. The predicted octanol–water partition coefficient (Wildman–Crippen LogP) is 3.50. The fourth-order valence-corrected chi connectivity index (χ4v) is 2.66. The van der Waals surface area contributed by atoms with E-state index in [4.69, 9.17) is 9.47 Å². The van der Waals surface area contributed by atoms with Gasteiger partial charge in [0.15, 0.2) is 0 Å². The van der Waals surface area contributed by atoms with E-state index >= 15 is 0 Å². The lowest BCUT2D eigenvalue weighted by atomic mass is 10.1. The molecule has 108 valence electrons. The second-order valence-electron chi connectivity index (χ2n) is 4.68. The van der Waals surface area contributed by atoms with Gasteiger partial charge in [-0.05, 0) is 50.5 Å². The van der Waals surface area contributed by atoms with Crippen LogP contribution in [0.2, 0.25) is 0 Å². The summed E-state index contributed by atoms with van der Waals surface area (Å²) in [5.74, 6) is 2.94. The lowest BCUT2D eigenvalue weighted by Crippen LogP contribution is -2.29. The smallest absolute Gasteiger partial charge is 0.123 e. The Bertz CT molecular complexity index is 384. The Labute approximate surface area is 121 Å². The van der Waals surface area contributed by atoms with Crippen molar-refractivity contribution in [2.24, 2.45) is 0 Å². The molecule has 0 aliphatic heterocycles. The Hall–Kier alpha value is -0.870. The van der Waals surface area contributed by atoms with E-state index in [9.17, 15) is 0 Å². The summed E-state index contributed by atoms with van der Waals surface area (Å²) in [5.41, 5.74) is 1.14. The molecule has 0 saturated heterocycles. The molecule has 0 bridgehead atoms. The molecule has 0 aliphatic rings. The minimum absolute atomic E-state index is 0.238. The third kappa shape index (κ3) is 4.96. The number of hydrogen-bond acceptors (Lipinski definition) is 4. The summed E-state index contributed by atoms with van der Waals surface area (Å²) in [6.07, 6.45) is 3.30. The molecule has 19 heavy (non-hydrogen) atoms. The highest BCUT2D eigenvalue weighted by Gasteiger charge is 2.14. The summed E-state index contributed by atoms with van der Waals surface area (Å²) in [7, 11) is 3.39. The quantitative estimate of drug-likeness (QED) is 0.791. The van der Waals surface area contributed by atoms with Crippen LogP contribution in [0.5, 0.6) is 11.5 Å². The van der Waals surface area contributed by atoms with Crippen molar-refractivity contribution in [3.05, 3.63) is 23.8 Å². The number of benzene rings is 1. The van der Waals surface area contributed by atoms with Crippen molar-refractivity contribution in [3.8, 4) is 11.5 Å². The third-order valence-corrected chi connectivity index (χ3v) is 3.84. The molecule has 0 amide bonds. The van der Waals surface area contributed by atoms with Crippen molar-refractivity contribution in [2.75, 3.05) is 26.2 Å². The zero-order valence-corrected chi connectivity index (χ0v) is 13.3. The first-order valence-corrected chi connectivity index (χ1v) is 7.98. The lowest BCUT2D eigenvalue weighted by molar-refractivity contribution is 0.386. The SMILES string of the molecule is COc1ccc(OC)c(C(C)NC(C)CCSC)c1. The minimum Gasteiger partial charge on any atom is -0.497 e. The van der Waals surface area contributed by atoms with Crippen LogP contribution in [0.3, 0.4) is 0 Å². The van der Waals surface area contributed by atoms with Gasteiger partial charge in [-0.15, -0.1) is 0 Å². The molecule has 0 saturated carbocycles. The van der Waals surface area contributed by atoms with Gasteiger partial charge in [0.2, 0.25) is 0 Å². The molecule has 0 radical (unpaired) electrons. The molecule has 0 aromatic heterocycles. The molecule has 2 atom stereocenters. The van der Waals surface area contributed by atoms with E-state index in [2.05, 4.69) is 25.4 Å². The normalized spacial score (nSPS) is 13.9. The number of thioether (sulfide) groups is 1. The number of nitrogens with one attached hydrogen (secondary N) is 1. The van der Waals surface area contributed by atoms with Crippen molar-refractivity contribution < 1.29 is 9.47 Å². The van der Waals surface area contributed by atoms with Crippen molar-refractivity contribution in [3.63, 3.8) is 0 Å².